The van der Waals surface area contributed by atoms with Crippen molar-refractivity contribution in [3.63, 3.8) is 0 Å². The van der Waals surface area contributed by atoms with Gasteiger partial charge >= 0.3 is 0 Å². The van der Waals surface area contributed by atoms with Crippen LogP contribution >= 0.6 is 0 Å². The lowest BCUT2D eigenvalue weighted by atomic mass is 10.2. The van der Waals surface area contributed by atoms with E-state index in [2.05, 4.69) is 10.3 Å². The lowest BCUT2D eigenvalue weighted by molar-refractivity contribution is 0.281. The van der Waals surface area contributed by atoms with E-state index in [4.69, 9.17) is 4.74 Å². The molecular weight excluding hydrogens is 338 g/mol. The molecule has 0 saturated carbocycles. The van der Waals surface area contributed by atoms with Gasteiger partial charge in [-0.25, -0.2) is 8.42 Å². The zero-order valence-electron chi connectivity index (χ0n) is 16.2. The van der Waals surface area contributed by atoms with E-state index in [9.17, 15) is 8.42 Å². The summed E-state index contributed by atoms with van der Waals surface area (Å²) >= 11 is 0. The average molecular weight is 370 g/mol. The molecule has 0 bridgehead atoms. The summed E-state index contributed by atoms with van der Waals surface area (Å²) in [7, 11) is 0.429. The first-order valence-electron chi connectivity index (χ1n) is 8.40. The molecule has 0 atom stereocenters. The smallest absolute Gasteiger partial charge is 0.193 e. The number of benzene rings is 1. The number of sulfone groups is 1. The van der Waals surface area contributed by atoms with Crippen molar-refractivity contribution in [1.29, 1.82) is 0 Å². The van der Waals surface area contributed by atoms with Gasteiger partial charge in [0.2, 0.25) is 0 Å². The summed E-state index contributed by atoms with van der Waals surface area (Å²) in [6.45, 7) is 8.66. The van der Waals surface area contributed by atoms with E-state index < -0.39 is 14.6 Å². The van der Waals surface area contributed by atoms with Crippen LogP contribution in [0.3, 0.4) is 0 Å². The Kier molecular flexibility index (Phi) is 7.73. The second-order valence-electron chi connectivity index (χ2n) is 6.99. The fraction of sp³-hybridized carbons (Fsp3) is 0.611. The van der Waals surface area contributed by atoms with Crippen molar-refractivity contribution in [3.8, 4) is 5.75 Å². The molecule has 1 aromatic carbocycles. The molecule has 0 spiro atoms. The van der Waals surface area contributed by atoms with Crippen molar-refractivity contribution in [1.82, 2.24) is 10.2 Å². The molecule has 0 aromatic heterocycles. The number of rotatable bonds is 7. The lowest BCUT2D eigenvalue weighted by Gasteiger charge is -2.23. The molecule has 0 radical (unpaired) electrons. The lowest BCUT2D eigenvalue weighted by Crippen LogP contribution is -2.43. The first-order valence-corrected chi connectivity index (χ1v) is 10.1. The highest BCUT2D eigenvalue weighted by molar-refractivity contribution is 7.92. The minimum Gasteiger partial charge on any atom is -0.492 e. The van der Waals surface area contributed by atoms with Gasteiger partial charge in [-0.2, -0.15) is 0 Å². The molecule has 1 rings (SSSR count). The summed E-state index contributed by atoms with van der Waals surface area (Å²) in [5, 5.41) is 3.09. The van der Waals surface area contributed by atoms with E-state index in [0.29, 0.717) is 25.7 Å². The van der Waals surface area contributed by atoms with Crippen molar-refractivity contribution >= 4 is 15.8 Å². The molecule has 1 aromatic rings. The van der Waals surface area contributed by atoms with Crippen molar-refractivity contribution in [2.24, 2.45) is 4.99 Å². The first kappa shape index (κ1) is 21.3. The molecule has 0 aliphatic heterocycles. The van der Waals surface area contributed by atoms with Gasteiger partial charge in [-0.1, -0.05) is 17.7 Å². The van der Waals surface area contributed by atoms with Crippen LogP contribution in [0.4, 0.5) is 0 Å². The van der Waals surface area contributed by atoms with E-state index in [1.54, 1.807) is 27.8 Å². The van der Waals surface area contributed by atoms with Crippen LogP contribution in [-0.2, 0) is 9.84 Å². The second-order valence-corrected chi connectivity index (χ2v) is 9.85. The summed E-state index contributed by atoms with van der Waals surface area (Å²) < 4.78 is 29.2. The number of ether oxygens (including phenoxy) is 1. The first-order chi connectivity index (χ1) is 11.6. The predicted molar refractivity (Wildman–Crippen MR) is 104 cm³/mol. The average Bonchev–Trinajstić information content (AvgIpc) is 2.52. The summed E-state index contributed by atoms with van der Waals surface area (Å²) in [6.07, 6.45) is 0. The highest BCUT2D eigenvalue weighted by Gasteiger charge is 2.28. The Labute approximate surface area is 152 Å². The van der Waals surface area contributed by atoms with Crippen LogP contribution in [0.25, 0.3) is 0 Å². The summed E-state index contributed by atoms with van der Waals surface area (Å²) in [5.74, 6) is 1.55. The van der Waals surface area contributed by atoms with Gasteiger partial charge in [0, 0.05) is 20.6 Å². The molecule has 0 aliphatic carbocycles. The van der Waals surface area contributed by atoms with Gasteiger partial charge in [0.1, 0.15) is 12.4 Å². The number of guanidine groups is 1. The van der Waals surface area contributed by atoms with E-state index >= 15 is 0 Å². The minimum absolute atomic E-state index is 0.0726. The fourth-order valence-corrected chi connectivity index (χ4v) is 3.01. The Bertz CT molecular complexity index is 662. The van der Waals surface area contributed by atoms with Crippen molar-refractivity contribution in [3.05, 3.63) is 29.8 Å². The molecule has 0 aliphatic rings. The highest BCUT2D eigenvalue weighted by atomic mass is 32.2. The van der Waals surface area contributed by atoms with E-state index in [-0.39, 0.29) is 5.75 Å². The molecule has 0 saturated heterocycles. The molecule has 25 heavy (non-hydrogen) atoms. The summed E-state index contributed by atoms with van der Waals surface area (Å²) in [4.78, 5) is 6.10. The van der Waals surface area contributed by atoms with Crippen molar-refractivity contribution in [2.45, 2.75) is 32.4 Å². The zero-order valence-corrected chi connectivity index (χ0v) is 17.0. The zero-order chi connectivity index (χ0) is 19.1. The molecule has 7 heteroatoms. The number of nitrogens with one attached hydrogen (secondary N) is 1. The number of aliphatic imine (C=N–C) groups is 1. The van der Waals surface area contributed by atoms with Crippen LogP contribution in [0, 0.1) is 6.92 Å². The van der Waals surface area contributed by atoms with Crippen LogP contribution < -0.4 is 10.1 Å². The molecule has 1 N–H and O–H groups in total. The van der Waals surface area contributed by atoms with Crippen molar-refractivity contribution in [2.75, 3.05) is 39.5 Å². The standard InChI is InChI=1S/C18H31N3O3S/c1-15-7-9-16(10-8-15)24-13-12-21(6)17(19-5)20-11-14-25(22,23)18(2,3)4/h7-10H,11-14H2,1-6H3,(H,19,20). The third kappa shape index (κ3) is 6.94. The molecule has 142 valence electrons. The Morgan fingerprint density at radius 2 is 1.84 bits per heavy atom. The highest BCUT2D eigenvalue weighted by Crippen LogP contribution is 2.15. The molecule has 6 nitrogen and oxygen atoms in total. The maximum absolute atomic E-state index is 12.1. The molecule has 0 fully saturated rings. The summed E-state index contributed by atoms with van der Waals surface area (Å²) in [5.41, 5.74) is 1.19. The Morgan fingerprint density at radius 3 is 2.36 bits per heavy atom. The SMILES string of the molecule is CN=C(NCCS(=O)(=O)C(C)(C)C)N(C)CCOc1ccc(C)cc1. The normalized spacial score (nSPS) is 12.8. The van der Waals surface area contributed by atoms with E-state index in [0.717, 1.165) is 5.75 Å². The predicted octanol–water partition coefficient (Wildman–Crippen LogP) is 2.09. The van der Waals surface area contributed by atoms with Gasteiger partial charge in [0.15, 0.2) is 15.8 Å². The van der Waals surface area contributed by atoms with Gasteiger partial charge in [0.25, 0.3) is 0 Å². The van der Waals surface area contributed by atoms with Gasteiger partial charge in [-0.3, -0.25) is 4.99 Å². The monoisotopic (exact) mass is 369 g/mol. The van der Waals surface area contributed by atoms with Crippen LogP contribution in [-0.4, -0.2) is 63.6 Å². The number of nitrogens with zero attached hydrogens (tertiary/aromatic N) is 2. The number of hydrogen-bond acceptors (Lipinski definition) is 4. The largest absolute Gasteiger partial charge is 0.492 e. The second kappa shape index (κ2) is 9.08. The quantitative estimate of drug-likeness (QED) is 0.589. The van der Waals surface area contributed by atoms with E-state index in [1.807, 2.05) is 43.1 Å². The Hall–Kier alpha value is -1.76. The Morgan fingerprint density at radius 1 is 1.24 bits per heavy atom. The van der Waals surface area contributed by atoms with Gasteiger partial charge in [-0.05, 0) is 39.8 Å². The van der Waals surface area contributed by atoms with Crippen LogP contribution in [0.1, 0.15) is 26.3 Å². The van der Waals surface area contributed by atoms with Gasteiger partial charge < -0.3 is 15.0 Å². The third-order valence-corrected chi connectivity index (χ3v) is 6.48. The maximum atomic E-state index is 12.1. The maximum Gasteiger partial charge on any atom is 0.193 e. The molecule has 0 amide bonds. The topological polar surface area (TPSA) is 71.0 Å². The van der Waals surface area contributed by atoms with Gasteiger partial charge in [-0.15, -0.1) is 0 Å². The minimum atomic E-state index is -3.14. The van der Waals surface area contributed by atoms with Crippen molar-refractivity contribution < 1.29 is 13.2 Å². The van der Waals surface area contributed by atoms with Crippen LogP contribution in [0.5, 0.6) is 5.75 Å². The molecule has 0 unspecified atom stereocenters. The third-order valence-electron chi connectivity index (χ3n) is 3.88. The van der Waals surface area contributed by atoms with E-state index in [1.165, 1.54) is 5.56 Å². The van der Waals surface area contributed by atoms with Crippen LogP contribution in [0.2, 0.25) is 0 Å². The number of aryl methyl sites for hydroxylation is 1. The summed E-state index contributed by atoms with van der Waals surface area (Å²) in [6, 6.07) is 7.91. The number of likely N-dealkylation sites (N-methyl/N-ethyl adjacent to an activating group) is 1. The fourth-order valence-electron chi connectivity index (χ4n) is 2.03. The Balaban J connectivity index is 2.42. The van der Waals surface area contributed by atoms with Crippen LogP contribution in [0.15, 0.2) is 29.3 Å². The number of hydrogen-bond donors (Lipinski definition) is 1. The molecular formula is C18H31N3O3S. The van der Waals surface area contributed by atoms with Gasteiger partial charge in [0.05, 0.1) is 17.0 Å². The molecule has 0 heterocycles.